The van der Waals surface area contributed by atoms with Crippen LogP contribution in [-0.2, 0) is 9.53 Å². The van der Waals surface area contributed by atoms with E-state index in [1.165, 1.54) is 32.1 Å². The first kappa shape index (κ1) is 15.5. The molecule has 5 fully saturated rings. The molecule has 2 nitrogen and oxygen atoms in total. The Morgan fingerprint density at radius 1 is 1.17 bits per heavy atom. The van der Waals surface area contributed by atoms with Gasteiger partial charge in [0, 0.05) is 5.41 Å². The maximum Gasteiger partial charge on any atom is 0.309 e. The average molecular weight is 328 g/mol. The molecule has 0 spiro atoms. The number of rotatable bonds is 1. The molecule has 2 aliphatic heterocycles. The Bertz CT molecular complexity index is 621. The van der Waals surface area contributed by atoms with Crippen LogP contribution >= 0.6 is 0 Å². The number of hydrogen-bond acceptors (Lipinski definition) is 2. The lowest BCUT2D eigenvalue weighted by Crippen LogP contribution is -2.58. The van der Waals surface area contributed by atoms with Gasteiger partial charge in [-0.05, 0) is 81.0 Å². The quantitative estimate of drug-likeness (QED) is 0.484. The van der Waals surface area contributed by atoms with E-state index in [9.17, 15) is 4.79 Å². The van der Waals surface area contributed by atoms with Crippen LogP contribution in [0.5, 0.6) is 0 Å². The Labute approximate surface area is 146 Å². The molecular weight excluding hydrogens is 296 g/mol. The standard InChI is InChI=1S/C22H32O2/c1-4-22-12-10-18-16-8-7-15-6-5-14(19(23)24-22)13-20(15,2)17(16)9-11-21(18,22)3/h6,14,16-18H,4-5,7-13H2,1-3H3/t14?,16-,17+,18+,20+,21+,22-/m1/s1. The van der Waals surface area contributed by atoms with Crippen LogP contribution in [0.25, 0.3) is 0 Å². The van der Waals surface area contributed by atoms with Crippen LogP contribution < -0.4 is 0 Å². The van der Waals surface area contributed by atoms with Crippen LogP contribution in [0.15, 0.2) is 11.6 Å². The minimum Gasteiger partial charge on any atom is -0.458 e. The lowest BCUT2D eigenvalue weighted by molar-refractivity contribution is -0.198. The lowest BCUT2D eigenvalue weighted by atomic mass is 9.45. The summed E-state index contributed by atoms with van der Waals surface area (Å²) in [6, 6.07) is 0. The summed E-state index contributed by atoms with van der Waals surface area (Å²) in [5.41, 5.74) is 1.97. The first-order valence-corrected chi connectivity index (χ1v) is 10.4. The fourth-order valence-corrected chi connectivity index (χ4v) is 8.19. The van der Waals surface area contributed by atoms with Gasteiger partial charge in [0.25, 0.3) is 0 Å². The van der Waals surface area contributed by atoms with Gasteiger partial charge in [-0.2, -0.15) is 0 Å². The van der Waals surface area contributed by atoms with Crippen molar-refractivity contribution in [2.45, 2.75) is 84.2 Å². The summed E-state index contributed by atoms with van der Waals surface area (Å²) in [6.45, 7) is 7.22. The van der Waals surface area contributed by atoms with Gasteiger partial charge in [-0.3, -0.25) is 4.79 Å². The summed E-state index contributed by atoms with van der Waals surface area (Å²) in [4.78, 5) is 13.1. The molecule has 1 unspecified atom stereocenters. The third-order valence-electron chi connectivity index (χ3n) is 9.55. The minimum atomic E-state index is -0.186. The van der Waals surface area contributed by atoms with Gasteiger partial charge in [0.1, 0.15) is 5.60 Å². The minimum absolute atomic E-state index is 0.0999. The molecule has 0 aromatic carbocycles. The monoisotopic (exact) mass is 328 g/mol. The summed E-state index contributed by atoms with van der Waals surface area (Å²) in [5.74, 6) is 2.64. The Kier molecular flexibility index (Phi) is 3.01. The van der Waals surface area contributed by atoms with Gasteiger partial charge in [0.05, 0.1) is 5.92 Å². The summed E-state index contributed by atoms with van der Waals surface area (Å²) >= 11 is 0. The third kappa shape index (κ3) is 1.62. The SMILES string of the molecule is CC[C@@]12CC[C@H]3[C@@H]4CCC5=CCC(C[C@]5(C)[C@H]4CC[C@@]31C)C(=O)O2. The highest BCUT2D eigenvalue weighted by Gasteiger charge is 2.66. The molecular formula is C22H32O2. The number of carbonyl (C=O) groups excluding carboxylic acids is 1. The number of esters is 1. The summed E-state index contributed by atoms with van der Waals surface area (Å²) in [5, 5.41) is 0. The van der Waals surface area contributed by atoms with Crippen molar-refractivity contribution in [3.8, 4) is 0 Å². The van der Waals surface area contributed by atoms with Gasteiger partial charge in [-0.1, -0.05) is 32.4 Å². The maximum absolute atomic E-state index is 13.1. The van der Waals surface area contributed by atoms with Crippen molar-refractivity contribution in [2.24, 2.45) is 34.5 Å². The Hall–Kier alpha value is -0.790. The number of ether oxygens (including phenoxy) is 1. The molecule has 4 aliphatic carbocycles. The van der Waals surface area contributed by atoms with Crippen molar-refractivity contribution < 1.29 is 9.53 Å². The highest BCUT2D eigenvalue weighted by atomic mass is 16.6. The van der Waals surface area contributed by atoms with Crippen LogP contribution in [0.4, 0.5) is 0 Å². The van der Waals surface area contributed by atoms with Crippen LogP contribution in [0.3, 0.4) is 0 Å². The van der Waals surface area contributed by atoms with Gasteiger partial charge < -0.3 is 4.74 Å². The summed E-state index contributed by atoms with van der Waals surface area (Å²) in [7, 11) is 0. The van der Waals surface area contributed by atoms with Crippen molar-refractivity contribution in [1.29, 1.82) is 0 Å². The molecule has 2 heteroatoms. The number of hydrogen-bond donors (Lipinski definition) is 0. The zero-order valence-electron chi connectivity index (χ0n) is 15.6. The first-order valence-electron chi connectivity index (χ1n) is 10.4. The second kappa shape index (κ2) is 4.68. The molecule has 0 aromatic heterocycles. The predicted octanol–water partition coefficient (Wildman–Crippen LogP) is 5.27. The molecule has 7 bridgehead atoms. The third-order valence-corrected chi connectivity index (χ3v) is 9.55. The normalized spacial score (nSPS) is 55.3. The number of allylic oxidation sites excluding steroid dienone is 2. The molecule has 3 saturated carbocycles. The van der Waals surface area contributed by atoms with Gasteiger partial charge in [0.15, 0.2) is 0 Å². The molecule has 0 radical (unpaired) electrons. The lowest BCUT2D eigenvalue weighted by Gasteiger charge is -2.61. The molecule has 6 aliphatic rings. The molecule has 132 valence electrons. The van der Waals surface area contributed by atoms with Crippen LogP contribution in [0.1, 0.15) is 78.6 Å². The fourth-order valence-electron chi connectivity index (χ4n) is 8.19. The molecule has 0 N–H and O–H groups in total. The summed E-state index contributed by atoms with van der Waals surface area (Å²) in [6.07, 6.45) is 13.0. The van der Waals surface area contributed by atoms with Crippen LogP contribution in [0.2, 0.25) is 0 Å². The van der Waals surface area contributed by atoms with Gasteiger partial charge >= 0.3 is 5.97 Å². The fraction of sp³-hybridized carbons (Fsp3) is 0.864. The molecule has 6 rings (SSSR count). The molecule has 2 saturated heterocycles. The topological polar surface area (TPSA) is 26.3 Å². The van der Waals surface area contributed by atoms with Crippen LogP contribution in [-0.4, -0.2) is 11.6 Å². The molecule has 0 amide bonds. The van der Waals surface area contributed by atoms with Crippen molar-refractivity contribution in [3.63, 3.8) is 0 Å². The van der Waals surface area contributed by atoms with E-state index in [-0.39, 0.29) is 28.3 Å². The Morgan fingerprint density at radius 3 is 2.75 bits per heavy atom. The summed E-state index contributed by atoms with van der Waals surface area (Å²) < 4.78 is 6.46. The highest BCUT2D eigenvalue weighted by molar-refractivity contribution is 5.74. The zero-order valence-corrected chi connectivity index (χ0v) is 15.6. The number of fused-ring (bicyclic) bond motifs is 2. The van der Waals surface area contributed by atoms with Crippen LogP contribution in [0, 0.1) is 34.5 Å². The van der Waals surface area contributed by atoms with E-state index in [0.29, 0.717) is 0 Å². The Morgan fingerprint density at radius 2 is 1.96 bits per heavy atom. The van der Waals surface area contributed by atoms with E-state index < -0.39 is 0 Å². The molecule has 2 heterocycles. The highest BCUT2D eigenvalue weighted by Crippen LogP contribution is 2.70. The van der Waals surface area contributed by atoms with Crippen molar-refractivity contribution in [2.75, 3.05) is 0 Å². The first-order chi connectivity index (χ1) is 11.4. The van der Waals surface area contributed by atoms with Gasteiger partial charge in [-0.25, -0.2) is 0 Å². The molecule has 0 aromatic rings. The van der Waals surface area contributed by atoms with Gasteiger partial charge in [0.2, 0.25) is 0 Å². The van der Waals surface area contributed by atoms with E-state index in [2.05, 4.69) is 26.8 Å². The molecule has 24 heavy (non-hydrogen) atoms. The van der Waals surface area contributed by atoms with E-state index in [0.717, 1.165) is 43.4 Å². The van der Waals surface area contributed by atoms with Crippen molar-refractivity contribution >= 4 is 5.97 Å². The molecule has 7 atom stereocenters. The Balaban J connectivity index is 1.70. The second-order valence-electron chi connectivity index (χ2n) is 9.96. The smallest absolute Gasteiger partial charge is 0.309 e. The largest absolute Gasteiger partial charge is 0.458 e. The van der Waals surface area contributed by atoms with Crippen molar-refractivity contribution in [3.05, 3.63) is 11.6 Å². The zero-order chi connectivity index (χ0) is 16.7. The van der Waals surface area contributed by atoms with Gasteiger partial charge in [-0.15, -0.1) is 0 Å². The second-order valence-corrected chi connectivity index (χ2v) is 9.96. The van der Waals surface area contributed by atoms with E-state index in [1.807, 2.05) is 0 Å². The predicted molar refractivity (Wildman–Crippen MR) is 94.3 cm³/mol. The van der Waals surface area contributed by atoms with Crippen molar-refractivity contribution in [1.82, 2.24) is 0 Å². The average Bonchev–Trinajstić information content (AvgIpc) is 2.86. The van der Waals surface area contributed by atoms with E-state index in [1.54, 1.807) is 5.57 Å². The van der Waals surface area contributed by atoms with E-state index in [4.69, 9.17) is 4.74 Å². The van der Waals surface area contributed by atoms with E-state index >= 15 is 0 Å². The number of carbonyl (C=O) groups is 1. The maximum atomic E-state index is 13.1.